The second kappa shape index (κ2) is 8.57. The minimum absolute atomic E-state index is 0.158. The van der Waals surface area contributed by atoms with Gasteiger partial charge < -0.3 is 5.32 Å². The van der Waals surface area contributed by atoms with E-state index in [1.165, 1.54) is 17.7 Å². The molecule has 3 rings (SSSR count). The summed E-state index contributed by atoms with van der Waals surface area (Å²) in [6.07, 6.45) is 0.975. The minimum atomic E-state index is -0.299. The van der Waals surface area contributed by atoms with E-state index in [0.29, 0.717) is 17.8 Å². The quantitative estimate of drug-likeness (QED) is 0.627. The highest BCUT2D eigenvalue weighted by atomic mass is 35.5. The van der Waals surface area contributed by atoms with Gasteiger partial charge in [-0.05, 0) is 49.1 Å². The Kier molecular flexibility index (Phi) is 6.15. The lowest BCUT2D eigenvalue weighted by Gasteiger charge is -2.15. The molecule has 1 amide bonds. The van der Waals surface area contributed by atoms with Crippen LogP contribution in [0.2, 0.25) is 5.15 Å². The Morgan fingerprint density at radius 2 is 1.75 bits per heavy atom. The summed E-state index contributed by atoms with van der Waals surface area (Å²) in [5.41, 5.74) is 4.04. The molecule has 6 heteroatoms. The number of carbonyl (C=O) groups excluding carboxylic acids is 1. The molecule has 0 aliphatic carbocycles. The zero-order valence-electron chi connectivity index (χ0n) is 16.2. The Morgan fingerprint density at radius 3 is 2.36 bits per heavy atom. The van der Waals surface area contributed by atoms with Gasteiger partial charge in [-0.25, -0.2) is 9.07 Å². The Balaban J connectivity index is 1.75. The molecule has 1 heterocycles. The van der Waals surface area contributed by atoms with E-state index in [-0.39, 0.29) is 22.9 Å². The van der Waals surface area contributed by atoms with Crippen LogP contribution in [-0.4, -0.2) is 15.7 Å². The van der Waals surface area contributed by atoms with Gasteiger partial charge in [0.2, 0.25) is 0 Å². The first-order chi connectivity index (χ1) is 13.4. The summed E-state index contributed by atoms with van der Waals surface area (Å²) in [6, 6.07) is 14.1. The lowest BCUT2D eigenvalue weighted by Crippen LogP contribution is -2.27. The SMILES string of the molecule is CCc1ccc(C(C)NC(=O)c2c(C)nn(Cc3ccc(F)cc3)c2Cl)cc1. The van der Waals surface area contributed by atoms with Crippen molar-refractivity contribution in [3.8, 4) is 0 Å². The van der Waals surface area contributed by atoms with Crippen LogP contribution < -0.4 is 5.32 Å². The van der Waals surface area contributed by atoms with Crippen LogP contribution in [0.15, 0.2) is 48.5 Å². The van der Waals surface area contributed by atoms with Gasteiger partial charge in [0.25, 0.3) is 5.91 Å². The summed E-state index contributed by atoms with van der Waals surface area (Å²) < 4.78 is 14.6. The van der Waals surface area contributed by atoms with Gasteiger partial charge in [0.05, 0.1) is 23.8 Å². The van der Waals surface area contributed by atoms with Crippen LogP contribution in [0.4, 0.5) is 4.39 Å². The molecule has 0 saturated heterocycles. The maximum atomic E-state index is 13.1. The maximum absolute atomic E-state index is 13.1. The maximum Gasteiger partial charge on any atom is 0.256 e. The monoisotopic (exact) mass is 399 g/mol. The second-order valence-corrected chi connectivity index (χ2v) is 7.18. The van der Waals surface area contributed by atoms with Gasteiger partial charge in [-0.2, -0.15) is 5.10 Å². The molecule has 1 unspecified atom stereocenters. The predicted octanol–water partition coefficient (Wildman–Crippen LogP) is 5.09. The van der Waals surface area contributed by atoms with Crippen molar-refractivity contribution in [1.82, 2.24) is 15.1 Å². The first kappa shape index (κ1) is 20.1. The molecule has 1 N–H and O–H groups in total. The molecular formula is C22H23ClFN3O. The van der Waals surface area contributed by atoms with Crippen LogP contribution >= 0.6 is 11.6 Å². The van der Waals surface area contributed by atoms with Crippen molar-refractivity contribution < 1.29 is 9.18 Å². The highest BCUT2D eigenvalue weighted by Crippen LogP contribution is 2.23. The van der Waals surface area contributed by atoms with E-state index < -0.39 is 0 Å². The molecule has 0 saturated carbocycles. The van der Waals surface area contributed by atoms with E-state index in [1.54, 1.807) is 23.7 Å². The van der Waals surface area contributed by atoms with Gasteiger partial charge in [0.1, 0.15) is 11.0 Å². The molecule has 0 spiro atoms. The third-order valence-electron chi connectivity index (χ3n) is 4.77. The van der Waals surface area contributed by atoms with Crippen molar-refractivity contribution in [3.05, 3.63) is 87.4 Å². The largest absolute Gasteiger partial charge is 0.345 e. The Bertz CT molecular complexity index is 965. The molecule has 0 bridgehead atoms. The first-order valence-corrected chi connectivity index (χ1v) is 9.64. The van der Waals surface area contributed by atoms with Crippen molar-refractivity contribution >= 4 is 17.5 Å². The summed E-state index contributed by atoms with van der Waals surface area (Å²) in [5.74, 6) is -0.563. The van der Waals surface area contributed by atoms with Gasteiger partial charge in [-0.1, -0.05) is 54.9 Å². The number of aryl methyl sites for hydroxylation is 2. The van der Waals surface area contributed by atoms with Crippen molar-refractivity contribution in [2.75, 3.05) is 0 Å². The molecule has 3 aromatic rings. The molecule has 0 aliphatic heterocycles. The van der Waals surface area contributed by atoms with E-state index in [0.717, 1.165) is 17.5 Å². The number of halogens is 2. The lowest BCUT2D eigenvalue weighted by atomic mass is 10.0. The average molecular weight is 400 g/mol. The normalized spacial score (nSPS) is 12.0. The van der Waals surface area contributed by atoms with Crippen molar-refractivity contribution in [3.63, 3.8) is 0 Å². The summed E-state index contributed by atoms with van der Waals surface area (Å²) in [6.45, 7) is 6.16. The molecule has 1 aromatic heterocycles. The number of carbonyl (C=O) groups is 1. The van der Waals surface area contributed by atoms with E-state index in [1.807, 2.05) is 19.1 Å². The topological polar surface area (TPSA) is 46.9 Å². The van der Waals surface area contributed by atoms with Gasteiger partial charge in [0.15, 0.2) is 0 Å². The van der Waals surface area contributed by atoms with Crippen molar-refractivity contribution in [2.24, 2.45) is 0 Å². The van der Waals surface area contributed by atoms with Crippen LogP contribution in [0.3, 0.4) is 0 Å². The summed E-state index contributed by atoms with van der Waals surface area (Å²) in [4.78, 5) is 12.8. The predicted molar refractivity (Wildman–Crippen MR) is 109 cm³/mol. The third-order valence-corrected chi connectivity index (χ3v) is 5.16. The van der Waals surface area contributed by atoms with E-state index in [9.17, 15) is 9.18 Å². The summed E-state index contributed by atoms with van der Waals surface area (Å²) in [5, 5.41) is 7.64. The molecule has 146 valence electrons. The lowest BCUT2D eigenvalue weighted by molar-refractivity contribution is 0.0939. The highest BCUT2D eigenvalue weighted by Gasteiger charge is 2.22. The number of hydrogen-bond acceptors (Lipinski definition) is 2. The molecular weight excluding hydrogens is 377 g/mol. The molecule has 1 atom stereocenters. The van der Waals surface area contributed by atoms with Crippen LogP contribution in [0.25, 0.3) is 0 Å². The zero-order chi connectivity index (χ0) is 20.3. The highest BCUT2D eigenvalue weighted by molar-refractivity contribution is 6.33. The number of nitrogens with one attached hydrogen (secondary N) is 1. The second-order valence-electron chi connectivity index (χ2n) is 6.83. The van der Waals surface area contributed by atoms with Crippen molar-refractivity contribution in [1.29, 1.82) is 0 Å². The van der Waals surface area contributed by atoms with E-state index in [4.69, 9.17) is 11.6 Å². The Morgan fingerprint density at radius 1 is 1.14 bits per heavy atom. The van der Waals surface area contributed by atoms with Gasteiger partial charge in [0, 0.05) is 0 Å². The molecule has 0 radical (unpaired) electrons. The van der Waals surface area contributed by atoms with Crippen LogP contribution in [0, 0.1) is 12.7 Å². The Labute approximate surface area is 169 Å². The third kappa shape index (κ3) is 4.42. The number of benzene rings is 2. The Hall–Kier alpha value is -2.66. The minimum Gasteiger partial charge on any atom is -0.345 e. The fourth-order valence-corrected chi connectivity index (χ4v) is 3.39. The van der Waals surface area contributed by atoms with Crippen LogP contribution in [0.1, 0.15) is 52.6 Å². The van der Waals surface area contributed by atoms with Crippen LogP contribution in [-0.2, 0) is 13.0 Å². The van der Waals surface area contributed by atoms with E-state index >= 15 is 0 Å². The molecule has 2 aromatic carbocycles. The number of nitrogens with zero attached hydrogens (tertiary/aromatic N) is 2. The molecule has 4 nitrogen and oxygen atoms in total. The molecule has 0 aliphatic rings. The van der Waals surface area contributed by atoms with Gasteiger partial charge >= 0.3 is 0 Å². The van der Waals surface area contributed by atoms with Gasteiger partial charge in [-0.3, -0.25) is 4.79 Å². The first-order valence-electron chi connectivity index (χ1n) is 9.26. The molecule has 0 fully saturated rings. The summed E-state index contributed by atoms with van der Waals surface area (Å²) >= 11 is 6.44. The van der Waals surface area contributed by atoms with Crippen LogP contribution in [0.5, 0.6) is 0 Å². The zero-order valence-corrected chi connectivity index (χ0v) is 16.9. The average Bonchev–Trinajstić information content (AvgIpc) is 2.96. The fourth-order valence-electron chi connectivity index (χ4n) is 3.07. The number of hydrogen-bond donors (Lipinski definition) is 1. The van der Waals surface area contributed by atoms with E-state index in [2.05, 4.69) is 29.5 Å². The fraction of sp³-hybridized carbons (Fsp3) is 0.273. The standard InChI is InChI=1S/C22H23ClFN3O/c1-4-16-5-9-18(10-6-16)14(2)25-22(28)20-15(3)26-27(21(20)23)13-17-7-11-19(24)12-8-17/h5-12,14H,4,13H2,1-3H3,(H,25,28). The number of aromatic nitrogens is 2. The number of rotatable bonds is 6. The van der Waals surface area contributed by atoms with Gasteiger partial charge in [-0.15, -0.1) is 0 Å². The van der Waals surface area contributed by atoms with Crippen molar-refractivity contribution in [2.45, 2.75) is 39.8 Å². The smallest absolute Gasteiger partial charge is 0.256 e. The summed E-state index contributed by atoms with van der Waals surface area (Å²) in [7, 11) is 0. The number of amides is 1. The molecule has 28 heavy (non-hydrogen) atoms.